The number of hydrogen-bond acceptors (Lipinski definition) is 4. The lowest BCUT2D eigenvalue weighted by molar-refractivity contribution is 0.0230. The number of ether oxygens (including phenoxy) is 1. The van der Waals surface area contributed by atoms with Gasteiger partial charge in [0.2, 0.25) is 0 Å². The molecule has 3 rings (SSSR count). The van der Waals surface area contributed by atoms with E-state index in [1.54, 1.807) is 0 Å². The van der Waals surface area contributed by atoms with Crippen molar-refractivity contribution in [2.75, 3.05) is 31.6 Å². The Labute approximate surface area is 131 Å². The molecule has 122 valence electrons. The molecule has 0 aromatic carbocycles. The van der Waals surface area contributed by atoms with E-state index in [0.29, 0.717) is 19.7 Å². The third kappa shape index (κ3) is 4.17. The van der Waals surface area contributed by atoms with Gasteiger partial charge in [0, 0.05) is 31.9 Å². The second-order valence-corrected chi connectivity index (χ2v) is 6.23. The van der Waals surface area contributed by atoms with Crippen LogP contribution in [0.4, 0.5) is 10.2 Å². The van der Waals surface area contributed by atoms with Crippen LogP contribution < -0.4 is 10.6 Å². The lowest BCUT2D eigenvalue weighted by Crippen LogP contribution is -2.24. The number of aryl methyl sites for hydroxylation is 2. The minimum absolute atomic E-state index is 0.242. The van der Waals surface area contributed by atoms with Gasteiger partial charge in [0.15, 0.2) is 0 Å². The number of pyridine rings is 1. The van der Waals surface area contributed by atoms with Gasteiger partial charge in [0.05, 0.1) is 0 Å². The molecule has 5 heteroatoms. The Morgan fingerprint density at radius 1 is 1.23 bits per heavy atom. The normalized spacial score (nSPS) is 24.0. The van der Waals surface area contributed by atoms with Gasteiger partial charge < -0.3 is 15.4 Å². The molecular formula is C17H26FN3O. The van der Waals surface area contributed by atoms with Crippen LogP contribution in [0.2, 0.25) is 0 Å². The number of rotatable bonds is 7. The van der Waals surface area contributed by atoms with Gasteiger partial charge >= 0.3 is 0 Å². The average molecular weight is 307 g/mol. The molecular weight excluding hydrogens is 281 g/mol. The maximum Gasteiger partial charge on any atom is 0.140 e. The Morgan fingerprint density at radius 2 is 2.18 bits per heavy atom. The van der Waals surface area contributed by atoms with E-state index in [-0.39, 0.29) is 6.10 Å². The molecule has 0 saturated carbocycles. The van der Waals surface area contributed by atoms with Crippen molar-refractivity contribution in [1.29, 1.82) is 0 Å². The number of alkyl halides is 1. The molecule has 2 N–H and O–H groups in total. The van der Waals surface area contributed by atoms with Crippen LogP contribution in [0.1, 0.15) is 36.9 Å². The molecule has 1 aromatic rings. The van der Waals surface area contributed by atoms with Gasteiger partial charge in [-0.2, -0.15) is 0 Å². The van der Waals surface area contributed by atoms with Crippen molar-refractivity contribution in [1.82, 2.24) is 10.3 Å². The second-order valence-electron chi connectivity index (χ2n) is 6.23. The maximum atomic E-state index is 13.3. The number of hydrogen-bond donors (Lipinski definition) is 2. The monoisotopic (exact) mass is 307 g/mol. The topological polar surface area (TPSA) is 46.2 Å². The van der Waals surface area contributed by atoms with Gasteiger partial charge in [-0.05, 0) is 43.7 Å². The van der Waals surface area contributed by atoms with E-state index in [9.17, 15) is 4.39 Å². The summed E-state index contributed by atoms with van der Waals surface area (Å²) < 4.78 is 18.9. The summed E-state index contributed by atoms with van der Waals surface area (Å²) in [6.45, 7) is 2.77. The molecule has 2 aliphatic rings. The summed E-state index contributed by atoms with van der Waals surface area (Å²) in [4.78, 5) is 4.70. The van der Waals surface area contributed by atoms with Gasteiger partial charge in [-0.25, -0.2) is 9.37 Å². The zero-order valence-corrected chi connectivity index (χ0v) is 13.1. The molecule has 1 aromatic heterocycles. The number of anilines is 1. The zero-order valence-electron chi connectivity index (χ0n) is 13.1. The lowest BCUT2D eigenvalue weighted by Gasteiger charge is -2.17. The highest BCUT2D eigenvalue weighted by atomic mass is 19.1. The van der Waals surface area contributed by atoms with Crippen molar-refractivity contribution >= 4 is 5.82 Å². The predicted molar refractivity (Wildman–Crippen MR) is 86.1 cm³/mol. The molecule has 0 aliphatic carbocycles. The smallest absolute Gasteiger partial charge is 0.140 e. The number of halogens is 1. The first kappa shape index (κ1) is 15.7. The highest BCUT2D eigenvalue weighted by Crippen LogP contribution is 2.20. The first-order valence-corrected chi connectivity index (χ1v) is 8.52. The van der Waals surface area contributed by atoms with Crippen molar-refractivity contribution in [3.8, 4) is 0 Å². The molecule has 0 amide bonds. The van der Waals surface area contributed by atoms with Crippen LogP contribution in [0.5, 0.6) is 0 Å². The van der Waals surface area contributed by atoms with Crippen LogP contribution >= 0.6 is 0 Å². The Kier molecular flexibility index (Phi) is 5.62. The third-order valence-electron chi connectivity index (χ3n) is 4.45. The van der Waals surface area contributed by atoms with Crippen LogP contribution in [-0.4, -0.2) is 43.5 Å². The third-order valence-corrected chi connectivity index (χ3v) is 4.45. The van der Waals surface area contributed by atoms with Gasteiger partial charge in [-0.3, -0.25) is 0 Å². The van der Waals surface area contributed by atoms with Crippen LogP contribution in [-0.2, 0) is 17.6 Å². The summed E-state index contributed by atoms with van der Waals surface area (Å²) in [6.07, 6.45) is 5.46. The Morgan fingerprint density at radius 3 is 3.05 bits per heavy atom. The number of unbranched alkanes of at least 4 members (excludes halogenated alkanes) is 2. The van der Waals surface area contributed by atoms with Gasteiger partial charge in [-0.1, -0.05) is 12.5 Å². The van der Waals surface area contributed by atoms with Crippen LogP contribution in [0.25, 0.3) is 0 Å². The summed E-state index contributed by atoms with van der Waals surface area (Å²) >= 11 is 0. The fourth-order valence-electron chi connectivity index (χ4n) is 3.11. The molecule has 0 unspecified atom stereocenters. The van der Waals surface area contributed by atoms with Crippen molar-refractivity contribution < 1.29 is 9.13 Å². The fourth-order valence-corrected chi connectivity index (χ4v) is 3.11. The van der Waals surface area contributed by atoms with E-state index >= 15 is 0 Å². The van der Waals surface area contributed by atoms with E-state index in [2.05, 4.69) is 22.8 Å². The molecule has 2 aliphatic heterocycles. The fraction of sp³-hybridized carbons (Fsp3) is 0.706. The minimum Gasteiger partial charge on any atom is -0.374 e. The van der Waals surface area contributed by atoms with Gasteiger partial charge in [0.1, 0.15) is 18.1 Å². The van der Waals surface area contributed by atoms with E-state index in [4.69, 9.17) is 9.72 Å². The summed E-state index contributed by atoms with van der Waals surface area (Å²) in [5.74, 6) is 1.08. The van der Waals surface area contributed by atoms with Crippen LogP contribution in [0, 0.1) is 0 Å². The first-order chi connectivity index (χ1) is 10.8. The molecule has 1 saturated heterocycles. The standard InChI is InChI=1S/C17H26FN3O/c18-15-11-19-12-16(15)22-10-3-1-2-6-14-8-7-13-5-4-9-20-17(13)21-14/h7-8,15-16,19H,1-6,9-12H2,(H,20,21)/t15-,16+/m0/s1. The summed E-state index contributed by atoms with van der Waals surface area (Å²) in [5, 5.41) is 6.38. The molecule has 0 radical (unpaired) electrons. The summed E-state index contributed by atoms with van der Waals surface area (Å²) in [6, 6.07) is 4.36. The zero-order chi connectivity index (χ0) is 15.2. The Hall–Kier alpha value is -1.20. The number of nitrogens with one attached hydrogen (secondary N) is 2. The van der Waals surface area contributed by atoms with Crippen molar-refractivity contribution in [2.24, 2.45) is 0 Å². The summed E-state index contributed by atoms with van der Waals surface area (Å²) in [5.41, 5.74) is 2.51. The number of aromatic nitrogens is 1. The van der Waals surface area contributed by atoms with Crippen LogP contribution in [0.15, 0.2) is 12.1 Å². The Bertz CT molecular complexity index is 483. The predicted octanol–water partition coefficient (Wildman–Crippen LogP) is 2.48. The molecule has 0 spiro atoms. The quantitative estimate of drug-likeness (QED) is 0.760. The lowest BCUT2D eigenvalue weighted by atomic mass is 10.1. The Balaban J connectivity index is 1.31. The van der Waals surface area contributed by atoms with Crippen LogP contribution in [0.3, 0.4) is 0 Å². The van der Waals surface area contributed by atoms with E-state index in [0.717, 1.165) is 50.2 Å². The van der Waals surface area contributed by atoms with Crippen molar-refractivity contribution in [3.05, 3.63) is 23.4 Å². The second kappa shape index (κ2) is 7.88. The largest absolute Gasteiger partial charge is 0.374 e. The van der Waals surface area contributed by atoms with Gasteiger partial charge in [-0.15, -0.1) is 0 Å². The highest BCUT2D eigenvalue weighted by Gasteiger charge is 2.26. The molecule has 3 heterocycles. The minimum atomic E-state index is -0.841. The van der Waals surface area contributed by atoms with E-state index < -0.39 is 6.17 Å². The average Bonchev–Trinajstić information content (AvgIpc) is 2.96. The number of fused-ring (bicyclic) bond motifs is 1. The van der Waals surface area contributed by atoms with Crippen molar-refractivity contribution in [2.45, 2.75) is 50.8 Å². The first-order valence-electron chi connectivity index (χ1n) is 8.52. The molecule has 0 bridgehead atoms. The SMILES string of the molecule is F[C@H]1CNC[C@H]1OCCCCCc1ccc2c(n1)NCCC2. The maximum absolute atomic E-state index is 13.3. The molecule has 2 atom stereocenters. The van der Waals surface area contributed by atoms with Crippen molar-refractivity contribution in [3.63, 3.8) is 0 Å². The molecule has 22 heavy (non-hydrogen) atoms. The van der Waals surface area contributed by atoms with E-state index in [1.165, 1.54) is 12.0 Å². The summed E-state index contributed by atoms with van der Waals surface area (Å²) in [7, 11) is 0. The van der Waals surface area contributed by atoms with E-state index in [1.807, 2.05) is 0 Å². The number of nitrogens with zero attached hydrogens (tertiary/aromatic N) is 1. The molecule has 1 fully saturated rings. The highest BCUT2D eigenvalue weighted by molar-refractivity contribution is 5.46. The van der Waals surface area contributed by atoms with Gasteiger partial charge in [0.25, 0.3) is 0 Å². The molecule has 4 nitrogen and oxygen atoms in total.